The number of hydrogen-bond acceptors (Lipinski definition) is 2. The minimum atomic E-state index is -1.43. The normalized spacial score (nSPS) is 12.2. The van der Waals surface area contributed by atoms with E-state index in [2.05, 4.69) is 10.2 Å². The zero-order valence-electron chi connectivity index (χ0n) is 8.13. The molecule has 0 aliphatic carbocycles. The molecule has 0 fully saturated rings. The van der Waals surface area contributed by atoms with Crippen LogP contribution in [0.1, 0.15) is 19.5 Å². The van der Waals surface area contributed by atoms with E-state index in [9.17, 15) is 4.39 Å². The molecule has 1 heterocycles. The molecule has 0 saturated carbocycles. The first-order valence-electron chi connectivity index (χ1n) is 4.41. The zero-order valence-corrected chi connectivity index (χ0v) is 8.13. The molecule has 0 amide bonds. The highest BCUT2D eigenvalue weighted by molar-refractivity contribution is 5.85. The van der Waals surface area contributed by atoms with Gasteiger partial charge in [0.2, 0.25) is 0 Å². The molecule has 14 heavy (non-hydrogen) atoms. The van der Waals surface area contributed by atoms with Gasteiger partial charge in [-0.3, -0.25) is 5.10 Å². The zero-order chi connectivity index (χ0) is 10.3. The number of aromatic amines is 1. The third kappa shape index (κ3) is 1.32. The summed E-state index contributed by atoms with van der Waals surface area (Å²) in [6.07, 6.45) is 0. The standard InChI is InChI=1S/C10H12FN3/c1-10(2,11)9-7-5-6(12)3-4-8(7)13-14-9/h3-5H,12H2,1-2H3,(H,13,14). The molecule has 0 aliphatic heterocycles. The quantitative estimate of drug-likeness (QED) is 0.683. The lowest BCUT2D eigenvalue weighted by Gasteiger charge is -2.11. The Morgan fingerprint density at radius 3 is 2.79 bits per heavy atom. The molecule has 0 atom stereocenters. The molecule has 2 rings (SSSR count). The number of anilines is 1. The fourth-order valence-corrected chi connectivity index (χ4v) is 1.48. The third-order valence-corrected chi connectivity index (χ3v) is 2.17. The molecule has 74 valence electrons. The van der Waals surface area contributed by atoms with E-state index in [0.717, 1.165) is 10.9 Å². The van der Waals surface area contributed by atoms with Gasteiger partial charge in [-0.2, -0.15) is 5.10 Å². The Labute approximate surface area is 81.1 Å². The number of fused-ring (bicyclic) bond motifs is 1. The summed E-state index contributed by atoms with van der Waals surface area (Å²) in [7, 11) is 0. The Balaban J connectivity index is 2.73. The lowest BCUT2D eigenvalue weighted by atomic mass is 10.0. The summed E-state index contributed by atoms with van der Waals surface area (Å²) in [5.41, 5.74) is 6.03. The van der Waals surface area contributed by atoms with Gasteiger partial charge in [-0.15, -0.1) is 0 Å². The number of rotatable bonds is 1. The molecule has 0 saturated heterocycles. The van der Waals surface area contributed by atoms with Gasteiger partial charge in [0.05, 0.1) is 11.2 Å². The number of H-pyrrole nitrogens is 1. The molecule has 0 aliphatic rings. The van der Waals surface area contributed by atoms with Crippen LogP contribution in [-0.4, -0.2) is 10.2 Å². The van der Waals surface area contributed by atoms with Gasteiger partial charge in [0, 0.05) is 11.1 Å². The van der Waals surface area contributed by atoms with Crippen LogP contribution in [0.2, 0.25) is 0 Å². The Morgan fingerprint density at radius 1 is 1.43 bits per heavy atom. The Morgan fingerprint density at radius 2 is 2.14 bits per heavy atom. The maximum Gasteiger partial charge on any atom is 0.147 e. The highest BCUT2D eigenvalue weighted by Crippen LogP contribution is 2.30. The van der Waals surface area contributed by atoms with Crippen molar-refractivity contribution in [2.24, 2.45) is 0 Å². The molecule has 0 spiro atoms. The van der Waals surface area contributed by atoms with Crippen molar-refractivity contribution in [1.29, 1.82) is 0 Å². The molecule has 0 bridgehead atoms. The van der Waals surface area contributed by atoms with Crippen LogP contribution in [0.4, 0.5) is 10.1 Å². The summed E-state index contributed by atoms with van der Waals surface area (Å²) in [4.78, 5) is 0. The largest absolute Gasteiger partial charge is 0.399 e. The number of nitrogen functional groups attached to an aromatic ring is 1. The number of nitrogens with one attached hydrogen (secondary N) is 1. The maximum absolute atomic E-state index is 13.7. The minimum Gasteiger partial charge on any atom is -0.399 e. The topological polar surface area (TPSA) is 54.7 Å². The third-order valence-electron chi connectivity index (χ3n) is 2.17. The van der Waals surface area contributed by atoms with Gasteiger partial charge >= 0.3 is 0 Å². The van der Waals surface area contributed by atoms with E-state index in [-0.39, 0.29) is 0 Å². The van der Waals surface area contributed by atoms with Crippen LogP contribution in [0.5, 0.6) is 0 Å². The van der Waals surface area contributed by atoms with Gasteiger partial charge < -0.3 is 5.73 Å². The van der Waals surface area contributed by atoms with Crippen molar-refractivity contribution in [1.82, 2.24) is 10.2 Å². The average molecular weight is 193 g/mol. The predicted octanol–water partition coefficient (Wildman–Crippen LogP) is 2.35. The summed E-state index contributed by atoms with van der Waals surface area (Å²) >= 11 is 0. The van der Waals surface area contributed by atoms with E-state index in [1.807, 2.05) is 0 Å². The second kappa shape index (κ2) is 2.70. The smallest absolute Gasteiger partial charge is 0.147 e. The van der Waals surface area contributed by atoms with Gasteiger partial charge in [-0.1, -0.05) is 0 Å². The van der Waals surface area contributed by atoms with E-state index in [1.165, 1.54) is 13.8 Å². The Kier molecular flexibility index (Phi) is 1.74. The molecule has 4 heteroatoms. The number of alkyl halides is 1. The molecule has 0 unspecified atom stereocenters. The molecule has 3 N–H and O–H groups in total. The second-order valence-corrected chi connectivity index (χ2v) is 3.85. The molecular formula is C10H12FN3. The van der Waals surface area contributed by atoms with Gasteiger partial charge in [-0.05, 0) is 32.0 Å². The van der Waals surface area contributed by atoms with E-state index in [4.69, 9.17) is 5.73 Å². The summed E-state index contributed by atoms with van der Waals surface area (Å²) in [6.45, 7) is 2.98. The molecule has 1 aromatic heterocycles. The molecular weight excluding hydrogens is 181 g/mol. The highest BCUT2D eigenvalue weighted by Gasteiger charge is 2.23. The Bertz CT molecular complexity index is 468. The first kappa shape index (κ1) is 8.99. The van der Waals surface area contributed by atoms with Crippen LogP contribution in [0.3, 0.4) is 0 Å². The Hall–Kier alpha value is -1.58. The van der Waals surface area contributed by atoms with Crippen LogP contribution in [-0.2, 0) is 5.67 Å². The van der Waals surface area contributed by atoms with Crippen LogP contribution < -0.4 is 5.73 Å². The van der Waals surface area contributed by atoms with Gasteiger partial charge in [0.25, 0.3) is 0 Å². The minimum absolute atomic E-state index is 0.472. The SMILES string of the molecule is CC(C)(F)c1[nH]nc2ccc(N)cc12. The van der Waals surface area contributed by atoms with E-state index >= 15 is 0 Å². The highest BCUT2D eigenvalue weighted by atomic mass is 19.1. The van der Waals surface area contributed by atoms with Crippen molar-refractivity contribution in [3.05, 3.63) is 23.9 Å². The molecule has 0 radical (unpaired) electrons. The van der Waals surface area contributed by atoms with Crippen LogP contribution in [0, 0.1) is 0 Å². The van der Waals surface area contributed by atoms with Crippen LogP contribution in [0.25, 0.3) is 10.9 Å². The number of nitrogens with zero attached hydrogens (tertiary/aromatic N) is 1. The number of halogens is 1. The van der Waals surface area contributed by atoms with Gasteiger partial charge in [0.15, 0.2) is 0 Å². The first-order valence-corrected chi connectivity index (χ1v) is 4.41. The predicted molar refractivity (Wildman–Crippen MR) is 54.6 cm³/mol. The molecule has 2 aromatic rings. The van der Waals surface area contributed by atoms with Crippen LogP contribution >= 0.6 is 0 Å². The lowest BCUT2D eigenvalue weighted by Crippen LogP contribution is -2.09. The number of nitrogens with two attached hydrogens (primary N) is 1. The first-order chi connectivity index (χ1) is 6.48. The number of aromatic nitrogens is 2. The van der Waals surface area contributed by atoms with Crippen molar-refractivity contribution < 1.29 is 4.39 Å². The second-order valence-electron chi connectivity index (χ2n) is 3.85. The summed E-state index contributed by atoms with van der Waals surface area (Å²) in [5, 5.41) is 7.45. The van der Waals surface area contributed by atoms with E-state index in [0.29, 0.717) is 11.4 Å². The van der Waals surface area contributed by atoms with Crippen molar-refractivity contribution in [2.75, 3.05) is 5.73 Å². The lowest BCUT2D eigenvalue weighted by molar-refractivity contribution is 0.216. The van der Waals surface area contributed by atoms with Crippen molar-refractivity contribution in [3.8, 4) is 0 Å². The fourth-order valence-electron chi connectivity index (χ4n) is 1.48. The summed E-state index contributed by atoms with van der Waals surface area (Å²) in [6, 6.07) is 5.25. The van der Waals surface area contributed by atoms with Crippen molar-refractivity contribution >= 4 is 16.6 Å². The van der Waals surface area contributed by atoms with Gasteiger partial charge in [-0.25, -0.2) is 4.39 Å². The van der Waals surface area contributed by atoms with Crippen LogP contribution in [0.15, 0.2) is 18.2 Å². The van der Waals surface area contributed by atoms with Gasteiger partial charge in [0.1, 0.15) is 5.67 Å². The number of benzene rings is 1. The summed E-state index contributed by atoms with van der Waals surface area (Å²) in [5.74, 6) is 0. The number of hydrogen-bond donors (Lipinski definition) is 2. The fraction of sp³-hybridized carbons (Fsp3) is 0.300. The van der Waals surface area contributed by atoms with E-state index in [1.54, 1.807) is 18.2 Å². The average Bonchev–Trinajstić information content (AvgIpc) is 2.45. The molecule has 3 nitrogen and oxygen atoms in total. The molecule has 1 aromatic carbocycles. The monoisotopic (exact) mass is 193 g/mol. The van der Waals surface area contributed by atoms with Crippen molar-refractivity contribution in [2.45, 2.75) is 19.5 Å². The summed E-state index contributed by atoms with van der Waals surface area (Å²) < 4.78 is 13.7. The van der Waals surface area contributed by atoms with E-state index < -0.39 is 5.67 Å². The van der Waals surface area contributed by atoms with Crippen molar-refractivity contribution in [3.63, 3.8) is 0 Å². The maximum atomic E-state index is 13.7.